The van der Waals surface area contributed by atoms with Crippen molar-refractivity contribution in [1.29, 1.82) is 0 Å². The first-order valence-electron chi connectivity index (χ1n) is 5.13. The quantitative estimate of drug-likeness (QED) is 0.817. The molecule has 1 aromatic heterocycles. The average molecular weight is 238 g/mol. The lowest BCUT2D eigenvalue weighted by Crippen LogP contribution is -2.11. The van der Waals surface area contributed by atoms with E-state index in [2.05, 4.69) is 30.8 Å². The zero-order chi connectivity index (χ0) is 10.7. The Labute approximate surface area is 99.5 Å². The molecule has 80 valence electrons. The highest BCUT2D eigenvalue weighted by molar-refractivity contribution is 7.82. The Morgan fingerprint density at radius 1 is 1.40 bits per heavy atom. The third kappa shape index (κ3) is 2.44. The topological polar surface area (TPSA) is 16.1 Å². The zero-order valence-electron chi connectivity index (χ0n) is 8.68. The lowest BCUT2D eigenvalue weighted by molar-refractivity contribution is 0.809. The number of rotatable bonds is 4. The van der Waals surface area contributed by atoms with Gasteiger partial charge in [0.25, 0.3) is 0 Å². The molecule has 2 rings (SSSR count). The number of hydrogen-bond acceptors (Lipinski definition) is 4. The van der Waals surface area contributed by atoms with Crippen molar-refractivity contribution >= 4 is 39.5 Å². The van der Waals surface area contributed by atoms with Crippen molar-refractivity contribution in [3.63, 3.8) is 0 Å². The number of hydrogen-bond donors (Lipinski definition) is 1. The summed E-state index contributed by atoms with van der Waals surface area (Å²) in [6.45, 7) is 3.14. The smallest absolute Gasteiger partial charge is 0.196 e. The van der Waals surface area contributed by atoms with Gasteiger partial charge in [0.05, 0.1) is 10.2 Å². The van der Waals surface area contributed by atoms with Gasteiger partial charge in [-0.15, -0.1) is 0 Å². The maximum absolute atomic E-state index is 4.53. The van der Waals surface area contributed by atoms with Crippen LogP contribution in [0.1, 0.15) is 19.8 Å². The van der Waals surface area contributed by atoms with Gasteiger partial charge in [-0.05, 0) is 18.6 Å². The SMILES string of the molecule is CCCCN(S)c1nc2ccccc2s1. The van der Waals surface area contributed by atoms with Crippen LogP contribution in [-0.4, -0.2) is 11.5 Å². The summed E-state index contributed by atoms with van der Waals surface area (Å²) in [5.74, 6) is 0. The van der Waals surface area contributed by atoms with Gasteiger partial charge in [-0.1, -0.05) is 49.6 Å². The highest BCUT2D eigenvalue weighted by Gasteiger charge is 2.07. The molecular weight excluding hydrogens is 224 g/mol. The fraction of sp³-hybridized carbons (Fsp3) is 0.364. The van der Waals surface area contributed by atoms with Crippen molar-refractivity contribution in [2.75, 3.05) is 10.8 Å². The minimum absolute atomic E-state index is 0.958. The predicted octanol–water partition coefficient (Wildman–Crippen LogP) is 3.75. The van der Waals surface area contributed by atoms with Gasteiger partial charge in [0.15, 0.2) is 5.13 Å². The molecule has 2 nitrogen and oxygen atoms in total. The first kappa shape index (κ1) is 10.8. The second-order valence-electron chi connectivity index (χ2n) is 3.44. The van der Waals surface area contributed by atoms with E-state index in [0.29, 0.717) is 0 Å². The highest BCUT2D eigenvalue weighted by atomic mass is 32.1. The summed E-state index contributed by atoms with van der Waals surface area (Å²) in [5.41, 5.74) is 1.06. The molecule has 0 saturated carbocycles. The van der Waals surface area contributed by atoms with Gasteiger partial charge in [-0.2, -0.15) is 0 Å². The molecule has 0 fully saturated rings. The van der Waals surface area contributed by atoms with Crippen LogP contribution in [0.2, 0.25) is 0 Å². The van der Waals surface area contributed by atoms with Crippen LogP contribution in [0.3, 0.4) is 0 Å². The maximum atomic E-state index is 4.53. The van der Waals surface area contributed by atoms with Crippen molar-refractivity contribution in [2.45, 2.75) is 19.8 Å². The summed E-state index contributed by atoms with van der Waals surface area (Å²) in [5, 5.41) is 0.994. The van der Waals surface area contributed by atoms with Gasteiger partial charge >= 0.3 is 0 Å². The van der Waals surface area contributed by atoms with E-state index >= 15 is 0 Å². The van der Waals surface area contributed by atoms with Gasteiger partial charge in [0.2, 0.25) is 0 Å². The van der Waals surface area contributed by atoms with Gasteiger partial charge in [0.1, 0.15) is 0 Å². The lowest BCUT2D eigenvalue weighted by Gasteiger charge is -2.12. The van der Waals surface area contributed by atoms with E-state index in [4.69, 9.17) is 0 Å². The fourth-order valence-corrected chi connectivity index (χ4v) is 2.58. The summed E-state index contributed by atoms with van der Waals surface area (Å²) in [4.78, 5) is 4.53. The van der Waals surface area contributed by atoms with Crippen LogP contribution in [0.4, 0.5) is 5.13 Å². The molecule has 15 heavy (non-hydrogen) atoms. The van der Waals surface area contributed by atoms with Gasteiger partial charge in [-0.25, -0.2) is 4.98 Å². The molecule has 0 spiro atoms. The number of fused-ring (bicyclic) bond motifs is 1. The Kier molecular flexibility index (Phi) is 3.49. The number of para-hydroxylation sites is 1. The average Bonchev–Trinajstić information content (AvgIpc) is 2.69. The normalized spacial score (nSPS) is 10.8. The summed E-state index contributed by atoms with van der Waals surface area (Å²) in [6.07, 6.45) is 2.33. The van der Waals surface area contributed by atoms with Crippen LogP contribution in [0.15, 0.2) is 24.3 Å². The highest BCUT2D eigenvalue weighted by Crippen LogP contribution is 2.29. The van der Waals surface area contributed by atoms with E-state index in [9.17, 15) is 0 Å². The monoisotopic (exact) mass is 238 g/mol. The predicted molar refractivity (Wildman–Crippen MR) is 70.9 cm³/mol. The Hall–Kier alpha value is -0.740. The van der Waals surface area contributed by atoms with Crippen molar-refractivity contribution < 1.29 is 0 Å². The second-order valence-corrected chi connectivity index (χ2v) is 4.93. The van der Waals surface area contributed by atoms with E-state index < -0.39 is 0 Å². The zero-order valence-corrected chi connectivity index (χ0v) is 10.4. The van der Waals surface area contributed by atoms with Crippen LogP contribution in [0.5, 0.6) is 0 Å². The molecule has 2 aromatic rings. The number of nitrogens with zero attached hydrogens (tertiary/aromatic N) is 2. The van der Waals surface area contributed by atoms with Crippen LogP contribution in [-0.2, 0) is 0 Å². The summed E-state index contributed by atoms with van der Waals surface area (Å²) in [6, 6.07) is 8.19. The third-order valence-electron chi connectivity index (χ3n) is 2.23. The minimum Gasteiger partial charge on any atom is -0.295 e. The molecule has 0 saturated heterocycles. The Morgan fingerprint density at radius 3 is 2.93 bits per heavy atom. The summed E-state index contributed by atoms with van der Waals surface area (Å²) < 4.78 is 3.16. The number of thiol groups is 1. The number of unbranched alkanes of at least 4 members (excludes halogenated alkanes) is 1. The summed E-state index contributed by atoms with van der Waals surface area (Å²) >= 11 is 6.14. The molecule has 4 heteroatoms. The molecule has 0 radical (unpaired) electrons. The number of anilines is 1. The molecule has 0 bridgehead atoms. The molecule has 0 unspecified atom stereocenters. The Balaban J connectivity index is 2.20. The van der Waals surface area contributed by atoms with Gasteiger partial charge < -0.3 is 0 Å². The molecule has 0 aliphatic heterocycles. The van der Waals surface area contributed by atoms with Crippen LogP contribution in [0, 0.1) is 0 Å². The molecule has 1 heterocycles. The third-order valence-corrected chi connectivity index (χ3v) is 3.81. The van der Waals surface area contributed by atoms with Crippen LogP contribution in [0.25, 0.3) is 10.2 Å². The lowest BCUT2D eigenvalue weighted by atomic mass is 10.3. The van der Waals surface area contributed by atoms with E-state index in [1.54, 1.807) is 11.3 Å². The maximum Gasteiger partial charge on any atom is 0.196 e. The number of benzene rings is 1. The molecule has 0 aliphatic rings. The van der Waals surface area contributed by atoms with E-state index in [1.807, 2.05) is 22.5 Å². The first-order chi connectivity index (χ1) is 7.31. The molecular formula is C11H14N2S2. The fourth-order valence-electron chi connectivity index (χ4n) is 1.37. The van der Waals surface area contributed by atoms with Crippen molar-refractivity contribution in [1.82, 2.24) is 4.98 Å². The largest absolute Gasteiger partial charge is 0.295 e. The second kappa shape index (κ2) is 4.86. The first-order valence-corrected chi connectivity index (χ1v) is 6.35. The Morgan fingerprint density at radius 2 is 2.20 bits per heavy atom. The number of aromatic nitrogens is 1. The Bertz CT molecular complexity index is 406. The van der Waals surface area contributed by atoms with E-state index in [1.165, 1.54) is 11.1 Å². The standard InChI is InChI=1S/C11H14N2S2/c1-2-3-8-13(14)11-12-9-6-4-5-7-10(9)15-11/h4-7,14H,2-3,8H2,1H3. The molecule has 0 amide bonds. The van der Waals surface area contributed by atoms with Crippen molar-refractivity contribution in [2.24, 2.45) is 0 Å². The van der Waals surface area contributed by atoms with Crippen LogP contribution < -0.4 is 4.31 Å². The molecule has 0 N–H and O–H groups in total. The van der Waals surface area contributed by atoms with E-state index in [-0.39, 0.29) is 0 Å². The van der Waals surface area contributed by atoms with Crippen LogP contribution >= 0.6 is 24.2 Å². The van der Waals surface area contributed by atoms with Crippen molar-refractivity contribution in [3.05, 3.63) is 24.3 Å². The minimum atomic E-state index is 0.958. The van der Waals surface area contributed by atoms with Gasteiger partial charge in [0, 0.05) is 6.54 Å². The molecule has 1 aromatic carbocycles. The number of thiazole rings is 1. The van der Waals surface area contributed by atoms with Crippen molar-refractivity contribution in [3.8, 4) is 0 Å². The molecule has 0 aliphatic carbocycles. The molecule has 0 atom stereocenters. The summed E-state index contributed by atoms with van der Waals surface area (Å²) in [7, 11) is 0. The van der Waals surface area contributed by atoms with E-state index in [0.717, 1.165) is 23.6 Å². The van der Waals surface area contributed by atoms with Gasteiger partial charge in [-0.3, -0.25) is 4.31 Å².